The zero-order valence-corrected chi connectivity index (χ0v) is 11.3. The zero-order valence-electron chi connectivity index (χ0n) is 11.3. The molecule has 2 aliphatic rings. The van der Waals surface area contributed by atoms with Crippen LogP contribution in [0.4, 0.5) is 0 Å². The molecule has 0 aromatic heterocycles. The Morgan fingerprint density at radius 2 is 2.17 bits per heavy atom. The Hall–Kier alpha value is -0.690. The van der Waals surface area contributed by atoms with Crippen LogP contribution in [0.15, 0.2) is 0 Å². The number of rotatable bonds is 4. The number of nitrogens with zero attached hydrogens (tertiary/aromatic N) is 2. The Labute approximate surface area is 108 Å². The molecule has 0 saturated carbocycles. The van der Waals surface area contributed by atoms with Gasteiger partial charge in [-0.15, -0.1) is 0 Å². The highest BCUT2D eigenvalue weighted by atomic mass is 16.5. The van der Waals surface area contributed by atoms with Crippen LogP contribution in [0.2, 0.25) is 0 Å². The average Bonchev–Trinajstić information content (AvgIpc) is 2.60. The molecule has 6 heteroatoms. The van der Waals surface area contributed by atoms with Crippen molar-refractivity contribution in [3.8, 4) is 0 Å². The first-order chi connectivity index (χ1) is 8.67. The molecule has 6 nitrogen and oxygen atoms in total. The third-order valence-corrected chi connectivity index (χ3v) is 4.39. The largest absolute Gasteiger partial charge is 0.383 e. The maximum Gasteiger partial charge on any atom is 0.253 e. The highest BCUT2D eigenvalue weighted by Crippen LogP contribution is 2.29. The molecule has 0 radical (unpaired) electrons. The molecule has 0 aromatic rings. The minimum absolute atomic E-state index is 0.155. The van der Waals surface area contributed by atoms with Crippen molar-refractivity contribution in [2.24, 2.45) is 5.84 Å². The van der Waals surface area contributed by atoms with Crippen molar-refractivity contribution in [1.82, 2.24) is 15.2 Å². The molecule has 3 unspecified atom stereocenters. The van der Waals surface area contributed by atoms with Crippen molar-refractivity contribution in [3.05, 3.63) is 0 Å². The normalized spacial score (nSPS) is 31.1. The highest BCUT2D eigenvalue weighted by Gasteiger charge is 2.38. The molecule has 0 spiro atoms. The van der Waals surface area contributed by atoms with Crippen LogP contribution in [-0.2, 0) is 9.53 Å². The van der Waals surface area contributed by atoms with Gasteiger partial charge in [0.1, 0.15) is 6.04 Å². The van der Waals surface area contributed by atoms with Gasteiger partial charge in [0.25, 0.3) is 5.91 Å². The van der Waals surface area contributed by atoms with Gasteiger partial charge in [0.05, 0.1) is 6.61 Å². The predicted molar refractivity (Wildman–Crippen MR) is 68.8 cm³/mol. The molecule has 2 heterocycles. The van der Waals surface area contributed by atoms with Gasteiger partial charge in [-0.3, -0.25) is 20.0 Å². The first-order valence-electron chi connectivity index (χ1n) is 6.62. The molecule has 2 rings (SSSR count). The van der Waals surface area contributed by atoms with Gasteiger partial charge in [-0.2, -0.15) is 0 Å². The van der Waals surface area contributed by atoms with Gasteiger partial charge >= 0.3 is 0 Å². The molecule has 0 aromatic carbocycles. The third kappa shape index (κ3) is 2.66. The van der Waals surface area contributed by atoms with Gasteiger partial charge < -0.3 is 4.74 Å². The number of hydrazine groups is 1. The van der Waals surface area contributed by atoms with Crippen LogP contribution < -0.4 is 11.3 Å². The van der Waals surface area contributed by atoms with Gasteiger partial charge in [0, 0.05) is 32.3 Å². The smallest absolute Gasteiger partial charge is 0.253 e. The lowest BCUT2D eigenvalue weighted by atomic mass is 10.1. The molecule has 1 amide bonds. The number of likely N-dealkylation sites (tertiary alicyclic amines) is 1. The van der Waals surface area contributed by atoms with E-state index in [1.54, 1.807) is 7.11 Å². The number of nitrogens with two attached hydrogens (primary N) is 1. The maximum absolute atomic E-state index is 11.8. The topological polar surface area (TPSA) is 70.8 Å². The number of hydrogen-bond donors (Lipinski definition) is 2. The van der Waals surface area contributed by atoms with Gasteiger partial charge in [-0.25, -0.2) is 5.84 Å². The summed E-state index contributed by atoms with van der Waals surface area (Å²) < 4.78 is 5.16. The number of ether oxygens (including phenoxy) is 1. The van der Waals surface area contributed by atoms with Crippen molar-refractivity contribution in [1.29, 1.82) is 0 Å². The van der Waals surface area contributed by atoms with E-state index in [0.29, 0.717) is 18.7 Å². The second kappa shape index (κ2) is 5.97. The van der Waals surface area contributed by atoms with Crippen molar-refractivity contribution < 1.29 is 9.53 Å². The summed E-state index contributed by atoms with van der Waals surface area (Å²) >= 11 is 0. The molecule has 2 aliphatic heterocycles. The molecule has 18 heavy (non-hydrogen) atoms. The first-order valence-corrected chi connectivity index (χ1v) is 6.62. The second-order valence-corrected chi connectivity index (χ2v) is 5.31. The number of nitrogens with one attached hydrogen (secondary N) is 1. The van der Waals surface area contributed by atoms with E-state index in [4.69, 9.17) is 10.6 Å². The van der Waals surface area contributed by atoms with Crippen molar-refractivity contribution >= 4 is 5.91 Å². The van der Waals surface area contributed by atoms with E-state index in [9.17, 15) is 4.79 Å². The molecular weight excluding hydrogens is 232 g/mol. The summed E-state index contributed by atoms with van der Waals surface area (Å²) in [6, 6.07) is 0.958. The number of hydrogen-bond acceptors (Lipinski definition) is 5. The maximum atomic E-state index is 11.8. The van der Waals surface area contributed by atoms with E-state index in [-0.39, 0.29) is 11.9 Å². The monoisotopic (exact) mass is 256 g/mol. The van der Waals surface area contributed by atoms with Gasteiger partial charge in [-0.05, 0) is 26.3 Å². The highest BCUT2D eigenvalue weighted by molar-refractivity contribution is 5.81. The van der Waals surface area contributed by atoms with Crippen LogP contribution >= 0.6 is 0 Å². The SMILES string of the molecule is COCC(C(=O)NN)N1CCC2CCC(C1)N2C. The van der Waals surface area contributed by atoms with E-state index < -0.39 is 0 Å². The molecule has 3 atom stereocenters. The number of carbonyl (C=O) groups is 1. The van der Waals surface area contributed by atoms with Crippen LogP contribution in [-0.4, -0.2) is 67.7 Å². The Morgan fingerprint density at radius 3 is 2.83 bits per heavy atom. The number of carbonyl (C=O) groups excluding carboxylic acids is 1. The van der Waals surface area contributed by atoms with E-state index in [0.717, 1.165) is 19.5 Å². The Morgan fingerprint density at radius 1 is 1.44 bits per heavy atom. The third-order valence-electron chi connectivity index (χ3n) is 4.39. The van der Waals surface area contributed by atoms with E-state index in [2.05, 4.69) is 22.3 Å². The van der Waals surface area contributed by atoms with E-state index >= 15 is 0 Å². The lowest BCUT2D eigenvalue weighted by molar-refractivity contribution is -0.128. The summed E-state index contributed by atoms with van der Waals surface area (Å²) in [5.41, 5.74) is 2.25. The van der Waals surface area contributed by atoms with Gasteiger partial charge in [-0.1, -0.05) is 0 Å². The van der Waals surface area contributed by atoms with Crippen molar-refractivity contribution in [2.45, 2.75) is 37.4 Å². The molecule has 0 aliphatic carbocycles. The Balaban J connectivity index is 2.04. The minimum Gasteiger partial charge on any atom is -0.383 e. The number of methoxy groups -OCH3 is 1. The lowest BCUT2D eigenvalue weighted by Crippen LogP contribution is -2.53. The fourth-order valence-electron chi connectivity index (χ4n) is 3.22. The van der Waals surface area contributed by atoms with Crippen molar-refractivity contribution in [3.63, 3.8) is 0 Å². The van der Waals surface area contributed by atoms with E-state index in [1.165, 1.54) is 12.8 Å². The zero-order chi connectivity index (χ0) is 13.1. The molecule has 2 fully saturated rings. The summed E-state index contributed by atoms with van der Waals surface area (Å²) in [5, 5.41) is 0. The molecule has 2 saturated heterocycles. The average molecular weight is 256 g/mol. The fraction of sp³-hybridized carbons (Fsp3) is 0.917. The number of fused-ring (bicyclic) bond motifs is 2. The lowest BCUT2D eigenvalue weighted by Gasteiger charge is -2.31. The second-order valence-electron chi connectivity index (χ2n) is 5.31. The standard InChI is InChI=1S/C12H24N4O2/c1-15-9-3-4-10(15)7-16(6-5-9)11(8-18-2)12(17)14-13/h9-11H,3-8,13H2,1-2H3,(H,14,17). The Kier molecular flexibility index (Phi) is 4.55. The molecule has 3 N–H and O–H groups in total. The van der Waals surface area contributed by atoms with Crippen LogP contribution in [0.3, 0.4) is 0 Å². The summed E-state index contributed by atoms with van der Waals surface area (Å²) in [5.74, 6) is 5.10. The minimum atomic E-state index is -0.271. The van der Waals surface area contributed by atoms with Gasteiger partial charge in [0.2, 0.25) is 0 Å². The Bertz CT molecular complexity index is 300. The quantitative estimate of drug-likeness (QED) is 0.390. The summed E-state index contributed by atoms with van der Waals surface area (Å²) in [4.78, 5) is 16.5. The van der Waals surface area contributed by atoms with Crippen molar-refractivity contribution in [2.75, 3.05) is 33.9 Å². The number of likely N-dealkylation sites (N-methyl/N-ethyl adjacent to an activating group) is 1. The fourth-order valence-corrected chi connectivity index (χ4v) is 3.22. The number of amides is 1. The molecular formula is C12H24N4O2. The van der Waals surface area contributed by atoms with Crippen LogP contribution in [0.5, 0.6) is 0 Å². The molecule has 104 valence electrons. The van der Waals surface area contributed by atoms with Crippen LogP contribution in [0.1, 0.15) is 19.3 Å². The molecule has 2 bridgehead atoms. The van der Waals surface area contributed by atoms with Crippen LogP contribution in [0.25, 0.3) is 0 Å². The summed E-state index contributed by atoms with van der Waals surface area (Å²) in [7, 11) is 3.81. The summed E-state index contributed by atoms with van der Waals surface area (Å²) in [6.07, 6.45) is 3.62. The van der Waals surface area contributed by atoms with E-state index in [1.807, 2.05) is 0 Å². The summed E-state index contributed by atoms with van der Waals surface area (Å²) in [6.45, 7) is 2.26. The first kappa shape index (κ1) is 13.7. The van der Waals surface area contributed by atoms with Crippen LogP contribution in [0, 0.1) is 0 Å². The predicted octanol–water partition coefficient (Wildman–Crippen LogP) is -0.840. The van der Waals surface area contributed by atoms with Gasteiger partial charge in [0.15, 0.2) is 0 Å².